The van der Waals surface area contributed by atoms with Gasteiger partial charge in [-0.15, -0.1) is 0 Å². The topological polar surface area (TPSA) is 61.9 Å². The number of amides is 3. The Bertz CT molecular complexity index is 1100. The Morgan fingerprint density at radius 3 is 2.47 bits per heavy atom. The fourth-order valence-electron chi connectivity index (χ4n) is 3.69. The zero-order valence-electron chi connectivity index (χ0n) is 17.8. The molecule has 3 aromatic rings. The molecule has 7 heteroatoms. The Balaban J connectivity index is 1.41. The lowest BCUT2D eigenvalue weighted by Gasteiger charge is -2.35. The number of ether oxygens (including phenoxy) is 1. The summed E-state index contributed by atoms with van der Waals surface area (Å²) in [6.45, 7) is 1.60. The molecule has 1 N–H and O–H groups in total. The summed E-state index contributed by atoms with van der Waals surface area (Å²) in [4.78, 5) is 28.9. The Kier molecular flexibility index (Phi) is 6.35. The van der Waals surface area contributed by atoms with Crippen molar-refractivity contribution in [1.82, 2.24) is 4.90 Å². The van der Waals surface area contributed by atoms with Crippen LogP contribution in [0, 0.1) is 5.82 Å². The standard InChI is InChI=1S/C25H24FN3O3/c1-32-23-12-6-19(7-13-23)24(30)27-21-8-10-22(11-9-21)29-15-3-14-28(25(29)31)17-18-4-2-5-20(26)16-18/h2,4-13,16H,3,14-15,17H2,1H3,(H,27,30). The molecule has 0 aromatic heterocycles. The molecule has 3 aromatic carbocycles. The molecule has 0 bridgehead atoms. The average Bonchev–Trinajstić information content (AvgIpc) is 2.81. The van der Waals surface area contributed by atoms with Gasteiger partial charge in [0, 0.05) is 36.6 Å². The number of methoxy groups -OCH3 is 1. The number of nitrogens with zero attached hydrogens (tertiary/aromatic N) is 2. The van der Waals surface area contributed by atoms with E-state index in [0.717, 1.165) is 17.7 Å². The second-order valence-corrected chi connectivity index (χ2v) is 7.57. The van der Waals surface area contributed by atoms with Crippen LogP contribution in [-0.4, -0.2) is 37.0 Å². The number of nitrogens with one attached hydrogen (secondary N) is 1. The van der Waals surface area contributed by atoms with Crippen molar-refractivity contribution >= 4 is 23.3 Å². The van der Waals surface area contributed by atoms with Crippen molar-refractivity contribution in [2.24, 2.45) is 0 Å². The first-order valence-corrected chi connectivity index (χ1v) is 10.4. The van der Waals surface area contributed by atoms with Crippen molar-refractivity contribution in [2.75, 3.05) is 30.4 Å². The van der Waals surface area contributed by atoms with E-state index < -0.39 is 0 Å². The average molecular weight is 433 g/mol. The first kappa shape index (κ1) is 21.4. The highest BCUT2D eigenvalue weighted by Gasteiger charge is 2.26. The Morgan fingerprint density at radius 1 is 1.03 bits per heavy atom. The van der Waals surface area contributed by atoms with E-state index in [1.54, 1.807) is 59.4 Å². The molecular formula is C25H24FN3O3. The van der Waals surface area contributed by atoms with E-state index in [0.29, 0.717) is 36.6 Å². The molecule has 1 saturated heterocycles. The van der Waals surface area contributed by atoms with Crippen molar-refractivity contribution in [3.63, 3.8) is 0 Å². The zero-order valence-corrected chi connectivity index (χ0v) is 17.8. The molecule has 1 heterocycles. The van der Waals surface area contributed by atoms with Gasteiger partial charge in [0.15, 0.2) is 0 Å². The van der Waals surface area contributed by atoms with E-state index in [2.05, 4.69) is 5.32 Å². The predicted octanol–water partition coefficient (Wildman–Crippen LogP) is 4.92. The van der Waals surface area contributed by atoms with Crippen molar-refractivity contribution in [3.8, 4) is 5.75 Å². The molecule has 32 heavy (non-hydrogen) atoms. The Morgan fingerprint density at radius 2 is 1.78 bits per heavy atom. The predicted molar refractivity (Wildman–Crippen MR) is 122 cm³/mol. The lowest BCUT2D eigenvalue weighted by Crippen LogP contribution is -2.49. The third kappa shape index (κ3) is 4.88. The lowest BCUT2D eigenvalue weighted by molar-refractivity contribution is 0.102. The van der Waals surface area contributed by atoms with Crippen molar-refractivity contribution < 1.29 is 18.7 Å². The second kappa shape index (κ2) is 9.51. The number of rotatable bonds is 6. The van der Waals surface area contributed by atoms with Crippen LogP contribution < -0.4 is 15.0 Å². The largest absolute Gasteiger partial charge is 0.497 e. The third-order valence-corrected chi connectivity index (χ3v) is 5.36. The number of hydrogen-bond donors (Lipinski definition) is 1. The Hall–Kier alpha value is -3.87. The van der Waals surface area contributed by atoms with Crippen molar-refractivity contribution in [1.29, 1.82) is 0 Å². The molecular weight excluding hydrogens is 409 g/mol. The second-order valence-electron chi connectivity index (χ2n) is 7.57. The zero-order chi connectivity index (χ0) is 22.5. The molecule has 0 saturated carbocycles. The van der Waals surface area contributed by atoms with Gasteiger partial charge in [0.25, 0.3) is 5.91 Å². The van der Waals surface area contributed by atoms with Crippen LogP contribution in [0.5, 0.6) is 5.75 Å². The molecule has 0 atom stereocenters. The summed E-state index contributed by atoms with van der Waals surface area (Å²) in [6, 6.07) is 20.2. The van der Waals surface area contributed by atoms with Gasteiger partial charge in [0.1, 0.15) is 11.6 Å². The molecule has 6 nitrogen and oxygen atoms in total. The summed E-state index contributed by atoms with van der Waals surface area (Å²) in [6.07, 6.45) is 0.816. The van der Waals surface area contributed by atoms with Gasteiger partial charge in [0.2, 0.25) is 0 Å². The van der Waals surface area contributed by atoms with Crippen LogP contribution in [0.2, 0.25) is 0 Å². The minimum atomic E-state index is -0.309. The molecule has 3 amide bonds. The maximum atomic E-state index is 13.5. The summed E-state index contributed by atoms with van der Waals surface area (Å²) < 4.78 is 18.6. The van der Waals surface area contributed by atoms with Gasteiger partial charge in [-0.25, -0.2) is 9.18 Å². The highest BCUT2D eigenvalue weighted by Crippen LogP contribution is 2.24. The number of hydrogen-bond acceptors (Lipinski definition) is 3. The minimum Gasteiger partial charge on any atom is -0.497 e. The number of halogens is 1. The molecule has 0 unspecified atom stereocenters. The summed E-state index contributed by atoms with van der Waals surface area (Å²) in [7, 11) is 1.57. The number of benzene rings is 3. The van der Waals surface area contributed by atoms with Gasteiger partial charge in [-0.3, -0.25) is 9.69 Å². The van der Waals surface area contributed by atoms with Crippen LogP contribution in [0.4, 0.5) is 20.6 Å². The van der Waals surface area contributed by atoms with Crippen LogP contribution in [0.15, 0.2) is 72.8 Å². The SMILES string of the molecule is COc1ccc(C(=O)Nc2ccc(N3CCCN(Cc4cccc(F)c4)C3=O)cc2)cc1. The van der Waals surface area contributed by atoms with Crippen LogP contribution in [0.25, 0.3) is 0 Å². The fourth-order valence-corrected chi connectivity index (χ4v) is 3.69. The number of carbonyl (C=O) groups excluding carboxylic acids is 2. The van der Waals surface area contributed by atoms with E-state index in [4.69, 9.17) is 4.74 Å². The maximum absolute atomic E-state index is 13.5. The molecule has 0 spiro atoms. The first-order chi connectivity index (χ1) is 15.5. The van der Waals surface area contributed by atoms with E-state index in [1.165, 1.54) is 12.1 Å². The lowest BCUT2D eigenvalue weighted by atomic mass is 10.1. The quantitative estimate of drug-likeness (QED) is 0.600. The van der Waals surface area contributed by atoms with Crippen molar-refractivity contribution in [3.05, 3.63) is 89.7 Å². The first-order valence-electron chi connectivity index (χ1n) is 10.4. The molecule has 4 rings (SSSR count). The van der Waals surface area contributed by atoms with Crippen LogP contribution in [0.3, 0.4) is 0 Å². The maximum Gasteiger partial charge on any atom is 0.324 e. The molecule has 1 fully saturated rings. The van der Waals surface area contributed by atoms with E-state index >= 15 is 0 Å². The molecule has 1 aliphatic heterocycles. The van der Waals surface area contributed by atoms with E-state index in [1.807, 2.05) is 18.2 Å². The van der Waals surface area contributed by atoms with Gasteiger partial charge >= 0.3 is 6.03 Å². The van der Waals surface area contributed by atoms with Crippen LogP contribution in [-0.2, 0) is 6.54 Å². The third-order valence-electron chi connectivity index (χ3n) is 5.36. The van der Waals surface area contributed by atoms with Crippen LogP contribution >= 0.6 is 0 Å². The van der Waals surface area contributed by atoms with Gasteiger partial charge in [-0.05, 0) is 72.6 Å². The van der Waals surface area contributed by atoms with E-state index in [-0.39, 0.29) is 17.8 Å². The number of urea groups is 1. The summed E-state index contributed by atoms with van der Waals surface area (Å²) in [5.74, 6) is 0.148. The molecule has 1 aliphatic rings. The van der Waals surface area contributed by atoms with Crippen molar-refractivity contribution in [2.45, 2.75) is 13.0 Å². The minimum absolute atomic E-state index is 0.115. The highest BCUT2D eigenvalue weighted by molar-refractivity contribution is 6.04. The Labute approximate surface area is 186 Å². The van der Waals surface area contributed by atoms with Crippen LogP contribution in [0.1, 0.15) is 22.3 Å². The normalized spacial score (nSPS) is 13.8. The highest BCUT2D eigenvalue weighted by atomic mass is 19.1. The van der Waals surface area contributed by atoms with Gasteiger partial charge in [0.05, 0.1) is 7.11 Å². The van der Waals surface area contributed by atoms with Gasteiger partial charge < -0.3 is 15.0 Å². The fraction of sp³-hybridized carbons (Fsp3) is 0.200. The summed E-state index contributed by atoms with van der Waals surface area (Å²) >= 11 is 0. The molecule has 164 valence electrons. The molecule has 0 aliphatic carbocycles. The van der Waals surface area contributed by atoms with Gasteiger partial charge in [-0.2, -0.15) is 0 Å². The number of anilines is 2. The molecule has 0 radical (unpaired) electrons. The summed E-state index contributed by atoms with van der Waals surface area (Å²) in [5, 5.41) is 2.85. The van der Waals surface area contributed by atoms with Gasteiger partial charge in [-0.1, -0.05) is 12.1 Å². The van der Waals surface area contributed by atoms with E-state index in [9.17, 15) is 14.0 Å². The number of carbonyl (C=O) groups is 2. The smallest absolute Gasteiger partial charge is 0.324 e. The summed E-state index contributed by atoms with van der Waals surface area (Å²) in [5.41, 5.74) is 2.67. The monoisotopic (exact) mass is 433 g/mol.